The molecule has 25 heavy (non-hydrogen) atoms. The predicted octanol–water partition coefficient (Wildman–Crippen LogP) is 3.55. The smallest absolute Gasteiger partial charge is 0.138 e. The van der Waals surface area contributed by atoms with Crippen LogP contribution in [0.1, 0.15) is 72.6 Å². The van der Waals surface area contributed by atoms with Gasteiger partial charge in [0.1, 0.15) is 5.78 Å². The van der Waals surface area contributed by atoms with Crippen molar-refractivity contribution in [1.29, 1.82) is 0 Å². The van der Waals surface area contributed by atoms with Gasteiger partial charge in [-0.3, -0.25) is 4.79 Å². The van der Waals surface area contributed by atoms with Crippen LogP contribution in [0.5, 0.6) is 0 Å². The lowest BCUT2D eigenvalue weighted by Gasteiger charge is -2.26. The third-order valence-electron chi connectivity index (χ3n) is 5.18. The number of Topliss-reactive ketones (excluding diaryl/α,β-unsaturated/α-hetero) is 1. The summed E-state index contributed by atoms with van der Waals surface area (Å²) in [4.78, 5) is 12.2. The van der Waals surface area contributed by atoms with Gasteiger partial charge in [-0.1, -0.05) is 32.6 Å². The van der Waals surface area contributed by atoms with Crippen molar-refractivity contribution in [2.75, 3.05) is 0 Å². The molecule has 0 aliphatic heterocycles. The van der Waals surface area contributed by atoms with Gasteiger partial charge in [-0.25, -0.2) is 0 Å². The number of aliphatic hydroxyl groups excluding tert-OH is 1. The van der Waals surface area contributed by atoms with Gasteiger partial charge in [-0.2, -0.15) is 0 Å². The largest absolute Gasteiger partial charge is 0.390 e. The highest BCUT2D eigenvalue weighted by Crippen LogP contribution is 2.28. The van der Waals surface area contributed by atoms with E-state index in [1.807, 2.05) is 6.08 Å². The fraction of sp³-hybridized carbons (Fsp3) is 0.762. The molecule has 0 saturated heterocycles. The zero-order valence-corrected chi connectivity index (χ0v) is 16.3. The van der Waals surface area contributed by atoms with Crippen LogP contribution in [-0.2, 0) is 4.79 Å². The lowest BCUT2D eigenvalue weighted by molar-refractivity contribution is -0.128. The molecule has 0 fully saturated rings. The van der Waals surface area contributed by atoms with Crippen LogP contribution in [-0.4, -0.2) is 38.4 Å². The van der Waals surface area contributed by atoms with Gasteiger partial charge in [0.15, 0.2) is 0 Å². The Morgan fingerprint density at radius 3 is 2.36 bits per heavy atom. The second-order valence-electron chi connectivity index (χ2n) is 8.68. The van der Waals surface area contributed by atoms with Crippen LogP contribution in [0.3, 0.4) is 0 Å². The molecule has 4 nitrogen and oxygen atoms in total. The van der Waals surface area contributed by atoms with Crippen molar-refractivity contribution in [3.63, 3.8) is 0 Å². The summed E-state index contributed by atoms with van der Waals surface area (Å²) < 4.78 is 0. The lowest BCUT2D eigenvalue weighted by Crippen LogP contribution is -2.33. The summed E-state index contributed by atoms with van der Waals surface area (Å²) in [6, 6.07) is 0. The van der Waals surface area contributed by atoms with Gasteiger partial charge >= 0.3 is 0 Å². The van der Waals surface area contributed by atoms with E-state index in [4.69, 9.17) is 0 Å². The zero-order chi connectivity index (χ0) is 19.3. The number of allylic oxidation sites excluding steroid dienone is 1. The Morgan fingerprint density at radius 2 is 1.76 bits per heavy atom. The summed E-state index contributed by atoms with van der Waals surface area (Å²) >= 11 is 0. The first-order valence-electron chi connectivity index (χ1n) is 9.41. The Labute approximate surface area is 152 Å². The summed E-state index contributed by atoms with van der Waals surface area (Å²) in [6.45, 7) is 11.6. The summed E-state index contributed by atoms with van der Waals surface area (Å²) in [6.07, 6.45) is 6.15. The van der Waals surface area contributed by atoms with E-state index in [1.54, 1.807) is 13.8 Å². The minimum absolute atomic E-state index is 0.0132. The molecule has 0 amide bonds. The Hall–Kier alpha value is -0.970. The highest BCUT2D eigenvalue weighted by molar-refractivity contribution is 5.80. The maximum absolute atomic E-state index is 12.2. The number of carbonyl (C=O) groups excluding carboxylic acids is 1. The van der Waals surface area contributed by atoms with Gasteiger partial charge in [-0.15, -0.1) is 0 Å². The first kappa shape index (κ1) is 22.1. The van der Waals surface area contributed by atoms with Crippen LogP contribution in [0.25, 0.3) is 0 Å². The van der Waals surface area contributed by atoms with E-state index < -0.39 is 17.3 Å². The molecule has 1 aliphatic rings. The van der Waals surface area contributed by atoms with Crippen LogP contribution in [0.2, 0.25) is 0 Å². The molecule has 0 aromatic carbocycles. The fourth-order valence-corrected chi connectivity index (χ4v) is 3.39. The Balaban J connectivity index is 2.95. The number of hydrogen-bond acceptors (Lipinski definition) is 4. The molecule has 3 N–H and O–H groups in total. The van der Waals surface area contributed by atoms with Gasteiger partial charge in [0.25, 0.3) is 0 Å². The average Bonchev–Trinajstić information content (AvgIpc) is 2.45. The Kier molecular flexibility index (Phi) is 8.04. The maximum atomic E-state index is 12.2. The normalized spacial score (nSPS) is 38.2. The van der Waals surface area contributed by atoms with E-state index in [2.05, 4.69) is 26.5 Å². The predicted molar refractivity (Wildman–Crippen MR) is 101 cm³/mol. The van der Waals surface area contributed by atoms with Gasteiger partial charge in [0.05, 0.1) is 17.3 Å². The van der Waals surface area contributed by atoms with E-state index in [-0.39, 0.29) is 18.6 Å². The topological polar surface area (TPSA) is 77.8 Å². The molecular weight excluding hydrogens is 316 g/mol. The van der Waals surface area contributed by atoms with Crippen molar-refractivity contribution in [1.82, 2.24) is 0 Å². The van der Waals surface area contributed by atoms with E-state index in [9.17, 15) is 20.1 Å². The number of hydrogen-bond donors (Lipinski definition) is 3. The Bertz CT molecular complexity index is 488. The third kappa shape index (κ3) is 8.30. The van der Waals surface area contributed by atoms with E-state index >= 15 is 0 Å². The van der Waals surface area contributed by atoms with Gasteiger partial charge < -0.3 is 15.3 Å². The molecule has 0 bridgehead atoms. The zero-order valence-electron chi connectivity index (χ0n) is 16.3. The van der Waals surface area contributed by atoms with Crippen LogP contribution >= 0.6 is 0 Å². The van der Waals surface area contributed by atoms with Crippen LogP contribution < -0.4 is 0 Å². The maximum Gasteiger partial charge on any atom is 0.138 e. The molecule has 0 aromatic heterocycles. The minimum atomic E-state index is -1.18. The molecule has 144 valence electrons. The molecule has 0 heterocycles. The van der Waals surface area contributed by atoms with Gasteiger partial charge in [0, 0.05) is 12.8 Å². The highest BCUT2D eigenvalue weighted by atomic mass is 16.3. The first-order valence-corrected chi connectivity index (χ1v) is 9.41. The summed E-state index contributed by atoms with van der Waals surface area (Å²) in [5, 5.41) is 31.2. The molecule has 4 atom stereocenters. The molecule has 1 rings (SSSR count). The minimum Gasteiger partial charge on any atom is -0.390 e. The van der Waals surface area contributed by atoms with Crippen LogP contribution in [0.4, 0.5) is 0 Å². The van der Waals surface area contributed by atoms with Crippen LogP contribution in [0.15, 0.2) is 24.3 Å². The SMILES string of the molecule is C=C1CC[C@@H](C(C)C)/C=C/C[C@@](C)(O)CC(=O)C[C@](C)(O)CC[C@@H]1O. The molecule has 0 spiro atoms. The molecule has 1 aliphatic carbocycles. The molecule has 0 aromatic rings. The first-order chi connectivity index (χ1) is 11.4. The van der Waals surface area contributed by atoms with Gasteiger partial charge in [-0.05, 0) is 63.4 Å². The average molecular weight is 353 g/mol. The van der Waals surface area contributed by atoms with Crippen LogP contribution in [0, 0.1) is 11.8 Å². The number of carbonyl (C=O) groups is 1. The fourth-order valence-electron chi connectivity index (χ4n) is 3.39. The quantitative estimate of drug-likeness (QED) is 0.631. The summed E-state index contributed by atoms with van der Waals surface area (Å²) in [7, 11) is 0. The van der Waals surface area contributed by atoms with E-state index in [0.717, 1.165) is 18.4 Å². The molecule has 4 heteroatoms. The van der Waals surface area contributed by atoms with E-state index in [1.165, 1.54) is 0 Å². The summed E-state index contributed by atoms with van der Waals surface area (Å²) in [5.41, 5.74) is -1.50. The lowest BCUT2D eigenvalue weighted by atomic mass is 9.86. The standard InChI is InChI=1S/C21H36O4/c1-15(2)17-7-6-11-20(4,24)13-18(22)14-21(5,25)12-10-19(23)16(3)8-9-17/h6-7,15,17,19,23-25H,3,8-14H2,1-2,4-5H3/b7-6+/t17-,19-,20+,21+/m0/s1. The molecule has 0 saturated carbocycles. The molecule has 0 unspecified atom stereocenters. The summed E-state index contributed by atoms with van der Waals surface area (Å²) in [5.74, 6) is 0.625. The number of rotatable bonds is 1. The van der Waals surface area contributed by atoms with Crippen molar-refractivity contribution < 1.29 is 20.1 Å². The van der Waals surface area contributed by atoms with E-state index in [0.29, 0.717) is 31.1 Å². The highest BCUT2D eigenvalue weighted by Gasteiger charge is 2.30. The number of ketones is 1. The van der Waals surface area contributed by atoms with Crippen molar-refractivity contribution in [3.05, 3.63) is 24.3 Å². The van der Waals surface area contributed by atoms with Crippen molar-refractivity contribution in [2.45, 2.75) is 89.9 Å². The number of aliphatic hydroxyl groups is 3. The van der Waals surface area contributed by atoms with Gasteiger partial charge in [0.2, 0.25) is 0 Å². The van der Waals surface area contributed by atoms with Crippen molar-refractivity contribution in [3.8, 4) is 0 Å². The Morgan fingerprint density at radius 1 is 1.16 bits per heavy atom. The second-order valence-corrected chi connectivity index (χ2v) is 8.68. The monoisotopic (exact) mass is 352 g/mol. The molecular formula is C21H36O4. The third-order valence-corrected chi connectivity index (χ3v) is 5.18. The van der Waals surface area contributed by atoms with Crippen molar-refractivity contribution >= 4 is 5.78 Å². The molecule has 0 radical (unpaired) electrons. The van der Waals surface area contributed by atoms with Crippen molar-refractivity contribution in [2.24, 2.45) is 11.8 Å². The second kappa shape index (κ2) is 9.11.